The molecule has 1 aliphatic rings. The Morgan fingerprint density at radius 1 is 1.07 bits per heavy atom. The summed E-state index contributed by atoms with van der Waals surface area (Å²) in [6.45, 7) is 1.69. The van der Waals surface area contributed by atoms with E-state index in [2.05, 4.69) is 36.4 Å². The molecule has 0 bridgehead atoms. The van der Waals surface area contributed by atoms with Gasteiger partial charge < -0.3 is 15.0 Å². The number of amides is 1. The monoisotopic (exact) mass is 402 g/mol. The van der Waals surface area contributed by atoms with Gasteiger partial charge in [-0.05, 0) is 62.5 Å². The predicted octanol–water partition coefficient (Wildman–Crippen LogP) is 4.75. The van der Waals surface area contributed by atoms with Crippen LogP contribution in [0.2, 0.25) is 0 Å². The maximum atomic E-state index is 12.4. The van der Waals surface area contributed by atoms with E-state index in [1.54, 1.807) is 0 Å². The molecule has 0 spiro atoms. The molecule has 3 rings (SSSR count). The summed E-state index contributed by atoms with van der Waals surface area (Å²) in [4.78, 5) is 14.6. The minimum absolute atomic E-state index is 0.0899. The molecular formula is C21H26N2O2S2. The molecule has 2 aromatic rings. The molecule has 0 unspecified atom stereocenters. The van der Waals surface area contributed by atoms with Crippen LogP contribution in [-0.2, 0) is 0 Å². The van der Waals surface area contributed by atoms with Gasteiger partial charge in [-0.3, -0.25) is 4.79 Å². The molecule has 1 aliphatic heterocycles. The summed E-state index contributed by atoms with van der Waals surface area (Å²) in [6, 6.07) is 15.5. The fourth-order valence-corrected chi connectivity index (χ4v) is 5.61. The van der Waals surface area contributed by atoms with E-state index in [0.29, 0.717) is 16.8 Å². The lowest BCUT2D eigenvalue weighted by atomic mass is 10.1. The van der Waals surface area contributed by atoms with Gasteiger partial charge in [0.25, 0.3) is 5.91 Å². The first kappa shape index (κ1) is 20.1. The highest BCUT2D eigenvalue weighted by Crippen LogP contribution is 2.45. The molecular weight excluding hydrogens is 376 g/mol. The lowest BCUT2D eigenvalue weighted by Crippen LogP contribution is -2.15. The van der Waals surface area contributed by atoms with Gasteiger partial charge in [0.05, 0.1) is 11.2 Å². The molecule has 4 nitrogen and oxygen atoms in total. The zero-order chi connectivity index (χ0) is 19.1. The second kappa shape index (κ2) is 10.1. The maximum Gasteiger partial charge on any atom is 0.255 e. The van der Waals surface area contributed by atoms with Crippen LogP contribution in [0.15, 0.2) is 48.5 Å². The summed E-state index contributed by atoms with van der Waals surface area (Å²) < 4.78 is 6.23. The molecule has 6 heteroatoms. The Kier molecular flexibility index (Phi) is 7.50. The molecule has 27 heavy (non-hydrogen) atoms. The largest absolute Gasteiger partial charge is 0.494 e. The lowest BCUT2D eigenvalue weighted by molar-refractivity contribution is 0.102. The lowest BCUT2D eigenvalue weighted by Gasteiger charge is -2.11. The van der Waals surface area contributed by atoms with Crippen molar-refractivity contribution in [3.05, 3.63) is 59.7 Å². The molecule has 1 heterocycles. The Hall–Kier alpha value is -1.63. The van der Waals surface area contributed by atoms with Crippen molar-refractivity contribution in [2.24, 2.45) is 0 Å². The van der Waals surface area contributed by atoms with Gasteiger partial charge in [0, 0.05) is 29.3 Å². The van der Waals surface area contributed by atoms with Crippen molar-refractivity contribution >= 4 is 35.1 Å². The summed E-state index contributed by atoms with van der Waals surface area (Å²) >= 11 is 3.94. The van der Waals surface area contributed by atoms with E-state index >= 15 is 0 Å². The number of hydrogen-bond donors (Lipinski definition) is 1. The number of thioether (sulfide) groups is 2. The first-order chi connectivity index (χ1) is 13.1. The standard InChI is InChI=1S/C21H26N2O2S2/c1-23(2)12-3-13-25-19-10-8-18(9-11-19)22-20(24)16-4-6-17(7-5-16)21-26-14-15-27-21/h4-11,21H,3,12-15H2,1-2H3,(H,22,24). The minimum atomic E-state index is -0.0899. The second-order valence-electron chi connectivity index (χ2n) is 6.68. The van der Waals surface area contributed by atoms with Gasteiger partial charge in [0.15, 0.2) is 0 Å². The third-order valence-electron chi connectivity index (χ3n) is 4.20. The van der Waals surface area contributed by atoms with Gasteiger partial charge in [-0.25, -0.2) is 0 Å². The normalized spacial score (nSPS) is 14.5. The third kappa shape index (κ3) is 6.19. The van der Waals surface area contributed by atoms with Gasteiger partial charge in [-0.2, -0.15) is 0 Å². The van der Waals surface area contributed by atoms with E-state index in [0.717, 1.165) is 24.4 Å². The van der Waals surface area contributed by atoms with Crippen molar-refractivity contribution < 1.29 is 9.53 Å². The number of benzene rings is 2. The van der Waals surface area contributed by atoms with Gasteiger partial charge in [0.1, 0.15) is 5.75 Å². The number of anilines is 1. The molecule has 1 amide bonds. The van der Waals surface area contributed by atoms with Crippen LogP contribution in [0.3, 0.4) is 0 Å². The average Bonchev–Trinajstić information content (AvgIpc) is 3.21. The highest BCUT2D eigenvalue weighted by molar-refractivity contribution is 8.19. The maximum absolute atomic E-state index is 12.4. The summed E-state index contributed by atoms with van der Waals surface area (Å²) in [6.07, 6.45) is 0.985. The van der Waals surface area contributed by atoms with Gasteiger partial charge in [-0.15, -0.1) is 23.5 Å². The molecule has 2 aromatic carbocycles. The summed E-state index contributed by atoms with van der Waals surface area (Å²) in [7, 11) is 4.11. The molecule has 1 fully saturated rings. The second-order valence-corrected chi connectivity index (χ2v) is 9.40. The van der Waals surface area contributed by atoms with Crippen LogP contribution in [0, 0.1) is 0 Å². The summed E-state index contributed by atoms with van der Waals surface area (Å²) in [5.74, 6) is 3.13. The number of nitrogens with zero attached hydrogens (tertiary/aromatic N) is 1. The van der Waals surface area contributed by atoms with Gasteiger partial charge in [0.2, 0.25) is 0 Å². The Labute approximate surface area is 170 Å². The predicted molar refractivity (Wildman–Crippen MR) is 117 cm³/mol. The van der Waals surface area contributed by atoms with Crippen molar-refractivity contribution in [3.8, 4) is 5.75 Å². The smallest absolute Gasteiger partial charge is 0.255 e. The van der Waals surface area contributed by atoms with Crippen LogP contribution in [0.4, 0.5) is 5.69 Å². The average molecular weight is 403 g/mol. The number of carbonyl (C=O) groups excluding carboxylic acids is 1. The highest BCUT2D eigenvalue weighted by atomic mass is 32.2. The van der Waals surface area contributed by atoms with Crippen LogP contribution in [0.1, 0.15) is 26.9 Å². The number of rotatable bonds is 8. The van der Waals surface area contributed by atoms with Crippen LogP contribution in [0.5, 0.6) is 5.75 Å². The molecule has 0 aromatic heterocycles. The van der Waals surface area contributed by atoms with Gasteiger partial charge in [-0.1, -0.05) is 12.1 Å². The number of nitrogens with one attached hydrogen (secondary N) is 1. The topological polar surface area (TPSA) is 41.6 Å². The third-order valence-corrected chi connectivity index (χ3v) is 7.30. The van der Waals surface area contributed by atoms with Crippen molar-refractivity contribution in [3.63, 3.8) is 0 Å². The van der Waals surface area contributed by atoms with Crippen LogP contribution in [-0.4, -0.2) is 49.6 Å². The Balaban J connectivity index is 1.50. The fraction of sp³-hybridized carbons (Fsp3) is 0.381. The van der Waals surface area contributed by atoms with E-state index in [9.17, 15) is 4.79 Å². The first-order valence-corrected chi connectivity index (χ1v) is 11.2. The first-order valence-electron chi connectivity index (χ1n) is 9.14. The number of ether oxygens (including phenoxy) is 1. The zero-order valence-electron chi connectivity index (χ0n) is 15.8. The van der Waals surface area contributed by atoms with Crippen LogP contribution < -0.4 is 10.1 Å². The molecule has 0 atom stereocenters. The fourth-order valence-electron chi connectivity index (χ4n) is 2.75. The van der Waals surface area contributed by atoms with E-state index in [-0.39, 0.29) is 5.91 Å². The van der Waals surface area contributed by atoms with Gasteiger partial charge >= 0.3 is 0 Å². The van der Waals surface area contributed by atoms with E-state index in [4.69, 9.17) is 4.74 Å². The number of hydrogen-bond acceptors (Lipinski definition) is 5. The van der Waals surface area contributed by atoms with Crippen molar-refractivity contribution in [1.82, 2.24) is 4.90 Å². The van der Waals surface area contributed by atoms with E-state index in [1.807, 2.05) is 59.9 Å². The highest BCUT2D eigenvalue weighted by Gasteiger charge is 2.18. The van der Waals surface area contributed by atoms with E-state index < -0.39 is 0 Å². The SMILES string of the molecule is CN(C)CCCOc1ccc(NC(=O)c2ccc(C3SCCS3)cc2)cc1. The zero-order valence-corrected chi connectivity index (χ0v) is 17.4. The quantitative estimate of drug-likeness (QED) is 0.646. The Morgan fingerprint density at radius 3 is 2.37 bits per heavy atom. The molecule has 0 saturated carbocycles. The minimum Gasteiger partial charge on any atom is -0.494 e. The van der Waals surface area contributed by atoms with Crippen molar-refractivity contribution in [2.45, 2.75) is 11.0 Å². The van der Waals surface area contributed by atoms with E-state index in [1.165, 1.54) is 17.1 Å². The Bertz CT molecular complexity index is 727. The Morgan fingerprint density at radius 2 is 1.74 bits per heavy atom. The summed E-state index contributed by atoms with van der Waals surface area (Å²) in [5, 5.41) is 2.95. The van der Waals surface area contributed by atoms with Crippen molar-refractivity contribution in [2.75, 3.05) is 44.1 Å². The van der Waals surface area contributed by atoms with Crippen LogP contribution in [0.25, 0.3) is 0 Å². The molecule has 0 aliphatic carbocycles. The number of carbonyl (C=O) groups is 1. The molecule has 0 radical (unpaired) electrons. The van der Waals surface area contributed by atoms with Crippen LogP contribution >= 0.6 is 23.5 Å². The molecule has 1 N–H and O–H groups in total. The van der Waals surface area contributed by atoms with Crippen molar-refractivity contribution in [1.29, 1.82) is 0 Å². The molecule has 1 saturated heterocycles. The molecule has 144 valence electrons. The summed E-state index contributed by atoms with van der Waals surface area (Å²) in [5.41, 5.74) is 2.73.